The fourth-order valence-electron chi connectivity index (χ4n) is 2.93. The van der Waals surface area contributed by atoms with Crippen molar-refractivity contribution >= 4 is 11.4 Å². The number of rotatable bonds is 1. The Kier molecular flexibility index (Phi) is 2.23. The van der Waals surface area contributed by atoms with Crippen molar-refractivity contribution in [1.29, 1.82) is 0 Å². The van der Waals surface area contributed by atoms with Gasteiger partial charge in [0.15, 0.2) is 0 Å². The summed E-state index contributed by atoms with van der Waals surface area (Å²) >= 11 is 0. The van der Waals surface area contributed by atoms with Crippen LogP contribution in [0.25, 0.3) is 0 Å². The van der Waals surface area contributed by atoms with Crippen LogP contribution in [0.1, 0.15) is 44.6 Å². The second-order valence-electron chi connectivity index (χ2n) is 5.19. The van der Waals surface area contributed by atoms with E-state index < -0.39 is 0 Å². The van der Waals surface area contributed by atoms with Gasteiger partial charge in [-0.3, -0.25) is 0 Å². The van der Waals surface area contributed by atoms with Gasteiger partial charge in [-0.05, 0) is 18.9 Å². The number of hydrogen-bond donors (Lipinski definition) is 0. The lowest BCUT2D eigenvalue weighted by Crippen LogP contribution is -2.30. The minimum absolute atomic E-state index is 0.258. The fraction of sp³-hybridized carbons (Fsp3) is 0.500. The number of fused-ring (bicyclic) bond motifs is 1. The topological polar surface area (TPSA) is 26.5 Å². The molecule has 83 valence electrons. The Morgan fingerprint density at radius 1 is 1.06 bits per heavy atom. The van der Waals surface area contributed by atoms with E-state index in [0.29, 0.717) is 0 Å². The molecule has 1 aromatic carbocycles. The van der Waals surface area contributed by atoms with Crippen LogP contribution >= 0.6 is 0 Å². The highest BCUT2D eigenvalue weighted by molar-refractivity contribution is 6.09. The van der Waals surface area contributed by atoms with Crippen LogP contribution in [-0.2, 0) is 0 Å². The molecule has 16 heavy (non-hydrogen) atoms. The third kappa shape index (κ3) is 1.44. The van der Waals surface area contributed by atoms with E-state index in [1.807, 2.05) is 6.07 Å². The van der Waals surface area contributed by atoms with E-state index in [9.17, 15) is 0 Å². The molecule has 0 aromatic heterocycles. The number of benzene rings is 1. The van der Waals surface area contributed by atoms with Gasteiger partial charge < -0.3 is 0 Å². The summed E-state index contributed by atoms with van der Waals surface area (Å²) in [5.41, 5.74) is 8.07. The van der Waals surface area contributed by atoms with E-state index in [4.69, 9.17) is 0 Å². The molecule has 3 rings (SSSR count). The molecule has 2 heteroatoms. The quantitative estimate of drug-likeness (QED) is 0.681. The van der Waals surface area contributed by atoms with Crippen molar-refractivity contribution in [2.24, 2.45) is 10.5 Å². The Morgan fingerprint density at radius 2 is 1.81 bits per heavy atom. The van der Waals surface area contributed by atoms with E-state index in [1.54, 1.807) is 0 Å². The van der Waals surface area contributed by atoms with Crippen LogP contribution in [0.2, 0.25) is 0 Å². The zero-order valence-electron chi connectivity index (χ0n) is 9.74. The molecule has 1 radical (unpaired) electrons. The van der Waals surface area contributed by atoms with Gasteiger partial charge in [0, 0.05) is 11.0 Å². The maximum absolute atomic E-state index is 4.44. The molecule has 1 saturated carbocycles. The van der Waals surface area contributed by atoms with Crippen LogP contribution in [0.4, 0.5) is 5.69 Å². The lowest BCUT2D eigenvalue weighted by Gasteiger charge is -2.33. The molecule has 0 unspecified atom stereocenters. The summed E-state index contributed by atoms with van der Waals surface area (Å²) in [6.45, 7) is 2.35. The smallest absolute Gasteiger partial charge is 0.0948 e. The normalized spacial score (nSPS) is 22.2. The van der Waals surface area contributed by atoms with Crippen LogP contribution < -0.4 is 5.43 Å². The van der Waals surface area contributed by atoms with E-state index in [-0.39, 0.29) is 5.41 Å². The van der Waals surface area contributed by atoms with Crippen LogP contribution in [0.3, 0.4) is 0 Å². The molecule has 1 aromatic rings. The standard InChI is InChI=1S/C14H17N2/c1-14(9-5-2-6-10-14)13-11-7-3-4-8-12(11)15-16-13/h3-4,7-8H,2,5-6,9-10H2,1H3. The van der Waals surface area contributed by atoms with Gasteiger partial charge in [-0.15, -0.1) is 0 Å². The Hall–Kier alpha value is -1.31. The van der Waals surface area contributed by atoms with Gasteiger partial charge in [-0.2, -0.15) is 10.5 Å². The summed E-state index contributed by atoms with van der Waals surface area (Å²) in [4.78, 5) is 0. The highest BCUT2D eigenvalue weighted by atomic mass is 15.3. The molecule has 1 aliphatic heterocycles. The van der Waals surface area contributed by atoms with Crippen molar-refractivity contribution in [2.75, 3.05) is 0 Å². The molecule has 0 amide bonds. The van der Waals surface area contributed by atoms with Crippen molar-refractivity contribution in [3.8, 4) is 0 Å². The highest BCUT2D eigenvalue weighted by Crippen LogP contribution is 2.42. The largest absolute Gasteiger partial charge is 0.154 e. The van der Waals surface area contributed by atoms with Crippen molar-refractivity contribution in [2.45, 2.75) is 39.0 Å². The molecule has 0 N–H and O–H groups in total. The predicted octanol–water partition coefficient (Wildman–Crippen LogP) is 3.61. The van der Waals surface area contributed by atoms with Crippen LogP contribution in [-0.4, -0.2) is 5.71 Å². The molecular formula is C14H17N2. The van der Waals surface area contributed by atoms with E-state index in [0.717, 1.165) is 5.69 Å². The van der Waals surface area contributed by atoms with Gasteiger partial charge >= 0.3 is 0 Å². The van der Waals surface area contributed by atoms with Gasteiger partial charge in [0.2, 0.25) is 0 Å². The first-order valence-corrected chi connectivity index (χ1v) is 6.18. The van der Waals surface area contributed by atoms with Crippen LogP contribution in [0.5, 0.6) is 0 Å². The monoisotopic (exact) mass is 213 g/mol. The average molecular weight is 213 g/mol. The summed E-state index contributed by atoms with van der Waals surface area (Å²) in [5.74, 6) is 0. The summed E-state index contributed by atoms with van der Waals surface area (Å²) in [6, 6.07) is 8.33. The van der Waals surface area contributed by atoms with Crippen molar-refractivity contribution in [1.82, 2.24) is 5.43 Å². The summed E-state index contributed by atoms with van der Waals surface area (Å²) in [5, 5.41) is 4.44. The Morgan fingerprint density at radius 3 is 2.62 bits per heavy atom. The lowest BCUT2D eigenvalue weighted by molar-refractivity contribution is 0.312. The summed E-state index contributed by atoms with van der Waals surface area (Å²) in [7, 11) is 0. The lowest BCUT2D eigenvalue weighted by atomic mass is 9.70. The molecule has 1 heterocycles. The van der Waals surface area contributed by atoms with E-state index in [1.165, 1.54) is 43.4 Å². The zero-order chi connectivity index (χ0) is 11.0. The zero-order valence-corrected chi connectivity index (χ0v) is 9.74. The predicted molar refractivity (Wildman–Crippen MR) is 66.0 cm³/mol. The highest BCUT2D eigenvalue weighted by Gasteiger charge is 2.36. The van der Waals surface area contributed by atoms with E-state index >= 15 is 0 Å². The second-order valence-corrected chi connectivity index (χ2v) is 5.19. The summed E-state index contributed by atoms with van der Waals surface area (Å²) in [6.07, 6.45) is 6.56. The summed E-state index contributed by atoms with van der Waals surface area (Å²) < 4.78 is 0. The molecule has 0 atom stereocenters. The maximum atomic E-state index is 4.44. The third-order valence-corrected chi connectivity index (χ3v) is 3.95. The van der Waals surface area contributed by atoms with Gasteiger partial charge in [-0.25, -0.2) is 0 Å². The first-order chi connectivity index (χ1) is 7.80. The Labute approximate surface area is 96.8 Å². The van der Waals surface area contributed by atoms with Gasteiger partial charge in [-0.1, -0.05) is 44.4 Å². The van der Waals surface area contributed by atoms with Crippen molar-refractivity contribution in [3.05, 3.63) is 29.8 Å². The van der Waals surface area contributed by atoms with Gasteiger partial charge in [0.25, 0.3) is 0 Å². The molecule has 0 spiro atoms. The SMILES string of the molecule is CC1(C2=N[N]c3ccccc32)CCCCC1. The molecule has 0 saturated heterocycles. The second kappa shape index (κ2) is 3.62. The minimum Gasteiger partial charge on any atom is -0.154 e. The molecule has 2 nitrogen and oxygen atoms in total. The molecule has 1 aliphatic carbocycles. The Balaban J connectivity index is 1.97. The first kappa shape index (κ1) is 9.88. The number of nitrogens with zero attached hydrogens (tertiary/aromatic N) is 2. The minimum atomic E-state index is 0.258. The maximum Gasteiger partial charge on any atom is 0.0948 e. The van der Waals surface area contributed by atoms with Crippen LogP contribution in [0, 0.1) is 5.41 Å². The fourth-order valence-corrected chi connectivity index (χ4v) is 2.93. The van der Waals surface area contributed by atoms with E-state index in [2.05, 4.69) is 35.7 Å². The molecule has 0 bridgehead atoms. The van der Waals surface area contributed by atoms with Gasteiger partial charge in [0.1, 0.15) is 0 Å². The third-order valence-electron chi connectivity index (χ3n) is 3.95. The van der Waals surface area contributed by atoms with Crippen LogP contribution in [0.15, 0.2) is 29.4 Å². The molecular weight excluding hydrogens is 196 g/mol. The molecule has 2 aliphatic rings. The molecule has 1 fully saturated rings. The van der Waals surface area contributed by atoms with Gasteiger partial charge in [0.05, 0.1) is 11.4 Å². The first-order valence-electron chi connectivity index (χ1n) is 6.18. The Bertz CT molecular complexity index is 428. The average Bonchev–Trinajstić information content (AvgIpc) is 2.74. The van der Waals surface area contributed by atoms with Crippen molar-refractivity contribution in [3.63, 3.8) is 0 Å². The number of hydrogen-bond acceptors (Lipinski definition) is 1. The van der Waals surface area contributed by atoms with Crippen molar-refractivity contribution < 1.29 is 0 Å².